The van der Waals surface area contributed by atoms with Gasteiger partial charge in [0.25, 0.3) is 0 Å². The number of halogens is 1. The van der Waals surface area contributed by atoms with Gasteiger partial charge in [0.2, 0.25) is 5.91 Å². The highest BCUT2D eigenvalue weighted by Gasteiger charge is 2.26. The summed E-state index contributed by atoms with van der Waals surface area (Å²) in [6.45, 7) is 3.94. The molecule has 0 aliphatic carbocycles. The van der Waals surface area contributed by atoms with Gasteiger partial charge in [-0.3, -0.25) is 4.79 Å². The second-order valence-electron chi connectivity index (χ2n) is 7.78. The van der Waals surface area contributed by atoms with E-state index in [0.717, 1.165) is 42.0 Å². The van der Waals surface area contributed by atoms with Crippen LogP contribution in [0.3, 0.4) is 0 Å². The van der Waals surface area contributed by atoms with E-state index in [4.69, 9.17) is 0 Å². The lowest BCUT2D eigenvalue weighted by atomic mass is 9.97. The molecule has 30 heavy (non-hydrogen) atoms. The summed E-state index contributed by atoms with van der Waals surface area (Å²) in [7, 11) is 0. The van der Waals surface area contributed by atoms with Gasteiger partial charge in [-0.15, -0.1) is 10.2 Å². The molecule has 2 aromatic carbocycles. The molecule has 0 saturated carbocycles. The van der Waals surface area contributed by atoms with Gasteiger partial charge in [0.15, 0.2) is 5.82 Å². The number of hydrogen-bond donors (Lipinski definition) is 1. The van der Waals surface area contributed by atoms with Gasteiger partial charge in [0.1, 0.15) is 5.82 Å². The van der Waals surface area contributed by atoms with E-state index in [0.29, 0.717) is 13.1 Å². The van der Waals surface area contributed by atoms with E-state index in [1.165, 1.54) is 17.7 Å². The monoisotopic (exact) mass is 404 g/mol. The molecule has 1 aliphatic heterocycles. The Morgan fingerprint density at radius 3 is 2.70 bits per heavy atom. The van der Waals surface area contributed by atoms with E-state index in [1.54, 1.807) is 12.1 Å². The molecule has 0 unspecified atom stereocenters. The van der Waals surface area contributed by atoms with Crippen LogP contribution >= 0.6 is 0 Å². The molecule has 0 bridgehead atoms. The van der Waals surface area contributed by atoms with Gasteiger partial charge in [0.05, 0.1) is 11.6 Å². The number of rotatable bonds is 5. The molecule has 1 N–H and O–H groups in total. The summed E-state index contributed by atoms with van der Waals surface area (Å²) >= 11 is 0. The average Bonchev–Trinajstić information content (AvgIpc) is 2.79. The van der Waals surface area contributed by atoms with Crippen LogP contribution in [0.25, 0.3) is 11.3 Å². The Morgan fingerprint density at radius 2 is 1.97 bits per heavy atom. The maximum Gasteiger partial charge on any atom is 0.225 e. The van der Waals surface area contributed by atoms with Crippen LogP contribution in [0.5, 0.6) is 0 Å². The van der Waals surface area contributed by atoms with Gasteiger partial charge < -0.3 is 10.2 Å². The molecule has 1 amide bonds. The van der Waals surface area contributed by atoms with Crippen molar-refractivity contribution in [3.63, 3.8) is 0 Å². The second kappa shape index (κ2) is 9.03. The third kappa shape index (κ3) is 4.82. The van der Waals surface area contributed by atoms with Crippen molar-refractivity contribution in [1.29, 1.82) is 0 Å². The SMILES string of the molecule is Cc1cccc(-c2ccc(N3CCC[C@H](C(=O)NCc4ccc(F)cc4)C3)nn2)c1. The van der Waals surface area contributed by atoms with E-state index in [9.17, 15) is 9.18 Å². The number of hydrogen-bond acceptors (Lipinski definition) is 4. The minimum Gasteiger partial charge on any atom is -0.354 e. The summed E-state index contributed by atoms with van der Waals surface area (Å²) in [6.07, 6.45) is 1.77. The zero-order chi connectivity index (χ0) is 20.9. The highest BCUT2D eigenvalue weighted by atomic mass is 19.1. The van der Waals surface area contributed by atoms with Crippen LogP contribution in [0.15, 0.2) is 60.7 Å². The Kier molecular flexibility index (Phi) is 6.02. The lowest BCUT2D eigenvalue weighted by molar-refractivity contribution is -0.125. The van der Waals surface area contributed by atoms with Crippen LogP contribution in [-0.4, -0.2) is 29.2 Å². The highest BCUT2D eigenvalue weighted by molar-refractivity contribution is 5.79. The predicted molar refractivity (Wildman–Crippen MR) is 115 cm³/mol. The van der Waals surface area contributed by atoms with Gasteiger partial charge in [-0.25, -0.2) is 4.39 Å². The Balaban J connectivity index is 1.37. The molecule has 1 aromatic heterocycles. The molecule has 4 rings (SSSR count). The fourth-order valence-electron chi connectivity index (χ4n) is 3.79. The molecule has 0 spiro atoms. The lowest BCUT2D eigenvalue weighted by Gasteiger charge is -2.32. The minimum atomic E-state index is -0.275. The van der Waals surface area contributed by atoms with Crippen molar-refractivity contribution in [1.82, 2.24) is 15.5 Å². The van der Waals surface area contributed by atoms with Crippen molar-refractivity contribution in [2.75, 3.05) is 18.0 Å². The first-order chi connectivity index (χ1) is 14.6. The van der Waals surface area contributed by atoms with Gasteiger partial charge >= 0.3 is 0 Å². The molecule has 2 heterocycles. The number of amides is 1. The second-order valence-corrected chi connectivity index (χ2v) is 7.78. The molecule has 154 valence electrons. The topological polar surface area (TPSA) is 58.1 Å². The van der Waals surface area contributed by atoms with E-state index in [-0.39, 0.29) is 17.6 Å². The normalized spacial score (nSPS) is 16.3. The van der Waals surface area contributed by atoms with Crippen LogP contribution in [-0.2, 0) is 11.3 Å². The number of aromatic nitrogens is 2. The van der Waals surface area contributed by atoms with Crippen molar-refractivity contribution in [2.45, 2.75) is 26.3 Å². The summed E-state index contributed by atoms with van der Waals surface area (Å²) in [5.41, 5.74) is 3.96. The van der Waals surface area contributed by atoms with Crippen molar-refractivity contribution in [3.8, 4) is 11.3 Å². The summed E-state index contributed by atoms with van der Waals surface area (Å²) in [5, 5.41) is 11.8. The van der Waals surface area contributed by atoms with Crippen LogP contribution in [0.2, 0.25) is 0 Å². The first-order valence-corrected chi connectivity index (χ1v) is 10.3. The van der Waals surface area contributed by atoms with Gasteiger partial charge in [-0.1, -0.05) is 35.9 Å². The van der Waals surface area contributed by atoms with Crippen LogP contribution in [0, 0.1) is 18.7 Å². The molecular weight excluding hydrogens is 379 g/mol. The fourth-order valence-corrected chi connectivity index (χ4v) is 3.79. The van der Waals surface area contributed by atoms with Crippen LogP contribution in [0.4, 0.5) is 10.2 Å². The van der Waals surface area contributed by atoms with E-state index >= 15 is 0 Å². The molecule has 1 fully saturated rings. The fraction of sp³-hybridized carbons (Fsp3) is 0.292. The third-order valence-corrected chi connectivity index (χ3v) is 5.46. The lowest BCUT2D eigenvalue weighted by Crippen LogP contribution is -2.43. The third-order valence-electron chi connectivity index (χ3n) is 5.46. The zero-order valence-electron chi connectivity index (χ0n) is 17.0. The summed E-state index contributed by atoms with van der Waals surface area (Å²) in [5.74, 6) is 0.441. The number of nitrogens with zero attached hydrogens (tertiary/aromatic N) is 3. The van der Waals surface area contributed by atoms with Gasteiger partial charge in [-0.05, 0) is 55.7 Å². The number of benzene rings is 2. The van der Waals surface area contributed by atoms with Crippen molar-refractivity contribution < 1.29 is 9.18 Å². The van der Waals surface area contributed by atoms with Gasteiger partial charge in [-0.2, -0.15) is 0 Å². The Hall–Kier alpha value is -3.28. The van der Waals surface area contributed by atoms with Crippen LogP contribution < -0.4 is 10.2 Å². The highest BCUT2D eigenvalue weighted by Crippen LogP contribution is 2.24. The van der Waals surface area contributed by atoms with E-state index in [2.05, 4.69) is 39.5 Å². The molecule has 5 nitrogen and oxygen atoms in total. The summed E-state index contributed by atoms with van der Waals surface area (Å²) in [4.78, 5) is 14.8. The van der Waals surface area contributed by atoms with Crippen molar-refractivity contribution in [3.05, 3.63) is 77.6 Å². The molecule has 6 heteroatoms. The minimum absolute atomic E-state index is 0.0216. The smallest absolute Gasteiger partial charge is 0.225 e. The number of piperidine rings is 1. The number of carbonyl (C=O) groups excluding carboxylic acids is 1. The molecule has 1 saturated heterocycles. The van der Waals surface area contributed by atoms with Gasteiger partial charge in [0, 0.05) is 25.2 Å². The largest absolute Gasteiger partial charge is 0.354 e. The van der Waals surface area contributed by atoms with E-state index in [1.807, 2.05) is 24.3 Å². The molecule has 0 radical (unpaired) electrons. The Bertz CT molecular complexity index is 1000. The number of aryl methyl sites for hydroxylation is 1. The molecule has 1 atom stereocenters. The quantitative estimate of drug-likeness (QED) is 0.695. The van der Waals surface area contributed by atoms with Crippen molar-refractivity contribution in [2.24, 2.45) is 5.92 Å². The summed E-state index contributed by atoms with van der Waals surface area (Å²) < 4.78 is 13.0. The Labute approximate surface area is 176 Å². The predicted octanol–water partition coefficient (Wildman–Crippen LogP) is 4.12. The number of carbonyl (C=O) groups is 1. The number of anilines is 1. The Morgan fingerprint density at radius 1 is 1.13 bits per heavy atom. The standard InChI is InChI=1S/C24H25FN4O/c1-17-4-2-5-19(14-17)22-11-12-23(28-27-22)29-13-3-6-20(16-29)24(30)26-15-18-7-9-21(25)10-8-18/h2,4-5,7-12,14,20H,3,6,13,15-16H2,1H3,(H,26,30)/t20-/m0/s1. The maximum atomic E-state index is 13.0. The van der Waals surface area contributed by atoms with Crippen LogP contribution in [0.1, 0.15) is 24.0 Å². The molecule has 1 aliphatic rings. The molecule has 3 aromatic rings. The number of nitrogens with one attached hydrogen (secondary N) is 1. The van der Waals surface area contributed by atoms with E-state index < -0.39 is 0 Å². The maximum absolute atomic E-state index is 13.0. The first-order valence-electron chi connectivity index (χ1n) is 10.3. The molecular formula is C24H25FN4O. The first kappa shape index (κ1) is 20.0. The zero-order valence-corrected chi connectivity index (χ0v) is 17.0. The summed E-state index contributed by atoms with van der Waals surface area (Å²) in [6, 6.07) is 18.3. The average molecular weight is 404 g/mol. The van der Waals surface area contributed by atoms with Crippen molar-refractivity contribution >= 4 is 11.7 Å².